The fraction of sp³-hybridized carbons (Fsp3) is 0. The van der Waals surface area contributed by atoms with Crippen LogP contribution in [0.15, 0.2) is 111 Å². The molecule has 4 nitrogen and oxygen atoms in total. The molecule has 4 aromatic carbocycles. The Morgan fingerprint density at radius 3 is 1.92 bits per heavy atom. The first-order valence-corrected chi connectivity index (χ1v) is 20.0. The number of hydrogen-bond donors (Lipinski definition) is 4. The van der Waals surface area contributed by atoms with Gasteiger partial charge in [0.15, 0.2) is 0 Å². The summed E-state index contributed by atoms with van der Waals surface area (Å²) in [7, 11) is 13.6. The number of anilines is 5. The molecule has 12 heteroatoms. The molecular formula is C24H22N4S8. The van der Waals surface area contributed by atoms with E-state index < -0.39 is 0 Å². The first kappa shape index (κ1) is 27.9. The van der Waals surface area contributed by atoms with E-state index in [1.165, 1.54) is 0 Å². The number of benzene rings is 4. The summed E-state index contributed by atoms with van der Waals surface area (Å²) in [4.78, 5) is 4.46. The Morgan fingerprint density at radius 2 is 1.14 bits per heavy atom. The van der Waals surface area contributed by atoms with Crippen molar-refractivity contribution in [1.29, 1.82) is 0 Å². The van der Waals surface area contributed by atoms with Gasteiger partial charge in [-0.25, -0.2) is 0 Å². The summed E-state index contributed by atoms with van der Waals surface area (Å²) in [6.07, 6.45) is 0. The number of para-hydroxylation sites is 2. The molecule has 0 aliphatic carbocycles. The SMILES string of the molecule is Nc1cccc(SSSSc2cc(N)cc(Nc3ccccc3SSSSc3ccccc3N)c2)c1. The van der Waals surface area contributed by atoms with E-state index in [4.69, 9.17) is 17.2 Å². The van der Waals surface area contributed by atoms with Crippen LogP contribution in [0, 0.1) is 0 Å². The van der Waals surface area contributed by atoms with Gasteiger partial charge in [-0.15, -0.1) is 0 Å². The molecule has 0 saturated heterocycles. The number of nitrogen functional groups attached to an aromatic ring is 3. The molecule has 0 fully saturated rings. The van der Waals surface area contributed by atoms with Crippen molar-refractivity contribution in [3.05, 3.63) is 91.0 Å². The molecule has 0 atom stereocenters. The van der Waals surface area contributed by atoms with Gasteiger partial charge < -0.3 is 22.5 Å². The van der Waals surface area contributed by atoms with Crippen molar-refractivity contribution >= 4 is 111 Å². The molecule has 36 heavy (non-hydrogen) atoms. The standard InChI is InChI=1S/C24H22N4S8/c25-16-6-5-7-19(13-16)29-33-34-30-20-14-17(26)12-18(15-20)28-22-9-2-4-11-24(22)32-36-35-31-23-10-3-1-8-21(23)27/h1-15,28H,25-27H2. The van der Waals surface area contributed by atoms with Crippen LogP contribution in [0.5, 0.6) is 0 Å². The summed E-state index contributed by atoms with van der Waals surface area (Å²) in [5.41, 5.74) is 22.4. The Hall–Kier alpha value is -1.12. The van der Waals surface area contributed by atoms with Gasteiger partial charge in [-0.3, -0.25) is 0 Å². The smallest absolute Gasteiger partial charge is 0.0531 e. The summed E-state index contributed by atoms with van der Waals surface area (Å²) < 4.78 is 0. The van der Waals surface area contributed by atoms with E-state index >= 15 is 0 Å². The van der Waals surface area contributed by atoms with Gasteiger partial charge in [0, 0.05) is 42.3 Å². The molecule has 0 aromatic heterocycles. The maximum absolute atomic E-state index is 6.21. The van der Waals surface area contributed by atoms with Gasteiger partial charge in [0.25, 0.3) is 0 Å². The van der Waals surface area contributed by atoms with Crippen LogP contribution < -0.4 is 22.5 Å². The van der Waals surface area contributed by atoms with Crippen molar-refractivity contribution < 1.29 is 0 Å². The van der Waals surface area contributed by atoms with Crippen LogP contribution in [0.1, 0.15) is 0 Å². The summed E-state index contributed by atoms with van der Waals surface area (Å²) in [6.45, 7) is 0. The summed E-state index contributed by atoms with van der Waals surface area (Å²) in [5.74, 6) is 0. The third-order valence-corrected chi connectivity index (χ3v) is 16.6. The van der Waals surface area contributed by atoms with Crippen LogP contribution >= 0.6 is 82.5 Å². The van der Waals surface area contributed by atoms with Gasteiger partial charge in [-0.2, -0.15) is 0 Å². The van der Waals surface area contributed by atoms with Crippen LogP contribution in [-0.4, -0.2) is 0 Å². The zero-order valence-electron chi connectivity index (χ0n) is 18.7. The Bertz CT molecular complexity index is 1290. The molecule has 186 valence electrons. The monoisotopic (exact) mass is 622 g/mol. The molecular weight excluding hydrogens is 601 g/mol. The second-order valence-corrected chi connectivity index (χ2v) is 18.7. The zero-order chi connectivity index (χ0) is 25.2. The van der Waals surface area contributed by atoms with E-state index in [0.29, 0.717) is 0 Å². The summed E-state index contributed by atoms with van der Waals surface area (Å²) in [6, 6.07) is 30.2. The lowest BCUT2D eigenvalue weighted by atomic mass is 10.2. The van der Waals surface area contributed by atoms with Crippen molar-refractivity contribution in [2.45, 2.75) is 19.6 Å². The van der Waals surface area contributed by atoms with Crippen molar-refractivity contribution in [1.82, 2.24) is 0 Å². The van der Waals surface area contributed by atoms with Gasteiger partial charge in [-0.05, 0) is 143 Å². The number of nitrogens with one attached hydrogen (secondary N) is 1. The highest BCUT2D eigenvalue weighted by molar-refractivity contribution is 9.26. The highest BCUT2D eigenvalue weighted by atomic mass is 33.7. The second kappa shape index (κ2) is 14.7. The molecule has 0 unspecified atom stereocenters. The van der Waals surface area contributed by atoms with E-state index in [9.17, 15) is 0 Å². The number of hydrogen-bond acceptors (Lipinski definition) is 12. The van der Waals surface area contributed by atoms with Crippen LogP contribution in [0.4, 0.5) is 28.4 Å². The minimum atomic E-state index is 0.725. The van der Waals surface area contributed by atoms with Crippen molar-refractivity contribution in [2.24, 2.45) is 0 Å². The largest absolute Gasteiger partial charge is 0.399 e. The Balaban J connectivity index is 1.31. The molecule has 0 heterocycles. The Morgan fingerprint density at radius 1 is 0.500 bits per heavy atom. The van der Waals surface area contributed by atoms with Crippen LogP contribution in [-0.2, 0) is 0 Å². The van der Waals surface area contributed by atoms with Gasteiger partial charge in [0.1, 0.15) is 0 Å². The maximum atomic E-state index is 6.21. The lowest BCUT2D eigenvalue weighted by Gasteiger charge is -2.13. The first-order chi connectivity index (χ1) is 17.6. The molecule has 0 aliphatic heterocycles. The molecule has 0 bridgehead atoms. The van der Waals surface area contributed by atoms with Gasteiger partial charge in [0.2, 0.25) is 0 Å². The number of nitrogens with two attached hydrogens (primary N) is 3. The fourth-order valence-electron chi connectivity index (χ4n) is 2.87. The van der Waals surface area contributed by atoms with Crippen LogP contribution in [0.25, 0.3) is 0 Å². The highest BCUT2D eigenvalue weighted by Crippen LogP contribution is 2.52. The maximum Gasteiger partial charge on any atom is 0.0531 e. The lowest BCUT2D eigenvalue weighted by molar-refractivity contribution is 1.39. The van der Waals surface area contributed by atoms with Crippen molar-refractivity contribution in [3.8, 4) is 0 Å². The van der Waals surface area contributed by atoms with E-state index in [1.807, 2.05) is 66.7 Å². The average molecular weight is 623 g/mol. The Kier molecular flexibility index (Phi) is 11.4. The van der Waals surface area contributed by atoms with Gasteiger partial charge in [0.05, 0.1) is 5.69 Å². The zero-order valence-corrected chi connectivity index (χ0v) is 25.2. The first-order valence-electron chi connectivity index (χ1n) is 10.4. The number of rotatable bonds is 12. The van der Waals surface area contributed by atoms with Crippen LogP contribution in [0.2, 0.25) is 0 Å². The topological polar surface area (TPSA) is 90.1 Å². The van der Waals surface area contributed by atoms with Crippen molar-refractivity contribution in [2.75, 3.05) is 22.5 Å². The average Bonchev–Trinajstić information content (AvgIpc) is 2.86. The molecule has 0 amide bonds. The quantitative estimate of drug-likeness (QED) is 0.0688. The molecule has 4 aromatic rings. The molecule has 0 saturated carbocycles. The van der Waals surface area contributed by atoms with Crippen molar-refractivity contribution in [3.63, 3.8) is 0 Å². The fourth-order valence-corrected chi connectivity index (χ4v) is 14.1. The Labute approximate surface area is 242 Å². The van der Waals surface area contributed by atoms with E-state index in [1.54, 1.807) is 82.5 Å². The minimum Gasteiger partial charge on any atom is -0.399 e. The van der Waals surface area contributed by atoms with E-state index in [2.05, 4.69) is 29.6 Å². The highest BCUT2D eigenvalue weighted by Gasteiger charge is 2.08. The molecule has 7 N–H and O–H groups in total. The molecule has 4 rings (SSSR count). The van der Waals surface area contributed by atoms with Crippen LogP contribution in [0.3, 0.4) is 0 Å². The third-order valence-electron chi connectivity index (χ3n) is 4.44. The second-order valence-electron chi connectivity index (χ2n) is 7.13. The third kappa shape index (κ3) is 9.02. The molecule has 0 radical (unpaired) electrons. The van der Waals surface area contributed by atoms with Gasteiger partial charge in [-0.1, -0.05) is 30.3 Å². The molecule has 0 spiro atoms. The predicted octanol–water partition coefficient (Wildman–Crippen LogP) is 10.4. The predicted molar refractivity (Wildman–Crippen MR) is 176 cm³/mol. The molecule has 0 aliphatic rings. The summed E-state index contributed by atoms with van der Waals surface area (Å²) >= 11 is 0. The van der Waals surface area contributed by atoms with E-state index in [-0.39, 0.29) is 0 Å². The normalized spacial score (nSPS) is 10.9. The van der Waals surface area contributed by atoms with E-state index in [0.717, 1.165) is 48.0 Å². The van der Waals surface area contributed by atoms with Gasteiger partial charge >= 0.3 is 0 Å². The lowest BCUT2D eigenvalue weighted by Crippen LogP contribution is -1.94. The minimum absolute atomic E-state index is 0.725. The summed E-state index contributed by atoms with van der Waals surface area (Å²) in [5, 5.41) is 3.55.